The number of carbonyl (C=O) groups excluding carboxylic acids is 4. The van der Waals surface area contributed by atoms with Gasteiger partial charge in [0.15, 0.2) is 12.6 Å². The first-order valence-corrected chi connectivity index (χ1v) is 12.5. The van der Waals surface area contributed by atoms with Gasteiger partial charge in [-0.2, -0.15) is 0 Å². The molecule has 0 radical (unpaired) electrons. The van der Waals surface area contributed by atoms with E-state index in [0.717, 1.165) is 0 Å². The lowest BCUT2D eigenvalue weighted by Crippen LogP contribution is -2.59. The predicted octanol–water partition coefficient (Wildman–Crippen LogP) is 4.24. The second-order valence-corrected chi connectivity index (χ2v) is 12.9. The lowest BCUT2D eigenvalue weighted by atomic mass is 9.81. The summed E-state index contributed by atoms with van der Waals surface area (Å²) in [5.74, 6) is -1.43. The van der Waals surface area contributed by atoms with Gasteiger partial charge in [0.25, 0.3) is 0 Å². The molecule has 2 fully saturated rings. The monoisotopic (exact) mass is 500 g/mol. The van der Waals surface area contributed by atoms with Crippen LogP contribution in [0.25, 0.3) is 0 Å². The second kappa shape index (κ2) is 9.71. The molecule has 2 saturated heterocycles. The molecule has 2 aliphatic rings. The van der Waals surface area contributed by atoms with Crippen LogP contribution in [0.3, 0.4) is 0 Å². The Morgan fingerprint density at radius 2 is 0.944 bits per heavy atom. The maximum absolute atomic E-state index is 13.4. The first-order valence-electron chi connectivity index (χ1n) is 12.5. The fourth-order valence-electron chi connectivity index (χ4n) is 6.23. The molecule has 1 aromatic carbocycles. The maximum atomic E-state index is 13.4. The highest BCUT2D eigenvalue weighted by atomic mass is 16.6. The molecule has 0 aromatic heterocycles. The molecule has 1 aromatic rings. The lowest BCUT2D eigenvalue weighted by Gasteiger charge is -2.46. The number of rotatable bonds is 6. The van der Waals surface area contributed by atoms with Crippen molar-refractivity contribution in [3.05, 3.63) is 34.4 Å². The van der Waals surface area contributed by atoms with Crippen LogP contribution < -0.4 is 10.6 Å². The maximum Gasteiger partial charge on any atom is 0.339 e. The Morgan fingerprint density at radius 3 is 1.19 bits per heavy atom. The molecule has 198 valence electrons. The number of hydrogen-bond acceptors (Lipinski definition) is 8. The van der Waals surface area contributed by atoms with Gasteiger partial charge in [0.1, 0.15) is 12.2 Å². The van der Waals surface area contributed by atoms with E-state index in [1.54, 1.807) is 0 Å². The average molecular weight is 501 g/mol. The zero-order valence-electron chi connectivity index (χ0n) is 22.7. The van der Waals surface area contributed by atoms with Crippen LogP contribution in [-0.4, -0.2) is 58.9 Å². The van der Waals surface area contributed by atoms with E-state index in [9.17, 15) is 19.2 Å². The predicted molar refractivity (Wildman–Crippen MR) is 137 cm³/mol. The van der Waals surface area contributed by atoms with Crippen LogP contribution in [0.2, 0.25) is 0 Å². The minimum absolute atomic E-state index is 0.0172. The fraction of sp³-hybridized carbons (Fsp3) is 0.643. The van der Waals surface area contributed by atoms with Gasteiger partial charge in [-0.3, -0.25) is 9.59 Å². The summed E-state index contributed by atoms with van der Waals surface area (Å²) in [6, 6.07) is 2.51. The zero-order chi connectivity index (χ0) is 27.1. The number of hydrogen-bond donors (Lipinski definition) is 2. The number of aldehydes is 2. The summed E-state index contributed by atoms with van der Waals surface area (Å²) in [5, 5.41) is 7.08. The lowest BCUT2D eigenvalue weighted by molar-refractivity contribution is -0.0107. The number of benzene rings is 1. The van der Waals surface area contributed by atoms with E-state index in [4.69, 9.17) is 9.47 Å². The molecular weight excluding hydrogens is 460 g/mol. The third kappa shape index (κ3) is 6.79. The Kier molecular flexibility index (Phi) is 7.55. The number of nitrogens with one attached hydrogen (secondary N) is 2. The average Bonchev–Trinajstić information content (AvgIpc) is 2.67. The van der Waals surface area contributed by atoms with Crippen molar-refractivity contribution < 1.29 is 28.7 Å². The smallest absolute Gasteiger partial charge is 0.339 e. The van der Waals surface area contributed by atoms with Gasteiger partial charge in [-0.1, -0.05) is 0 Å². The Morgan fingerprint density at radius 1 is 0.667 bits per heavy atom. The van der Waals surface area contributed by atoms with Crippen LogP contribution in [0, 0.1) is 0 Å². The van der Waals surface area contributed by atoms with Gasteiger partial charge in [-0.05, 0) is 67.5 Å². The first-order chi connectivity index (χ1) is 16.4. The van der Waals surface area contributed by atoms with E-state index in [2.05, 4.69) is 10.6 Å². The molecule has 8 nitrogen and oxygen atoms in total. The van der Waals surface area contributed by atoms with Crippen LogP contribution in [-0.2, 0) is 9.47 Å². The van der Waals surface area contributed by atoms with E-state index in [1.807, 2.05) is 55.4 Å². The molecule has 8 heteroatoms. The number of carbonyl (C=O) groups is 4. The van der Waals surface area contributed by atoms with Gasteiger partial charge < -0.3 is 20.1 Å². The van der Waals surface area contributed by atoms with Crippen LogP contribution in [0.5, 0.6) is 0 Å². The molecule has 0 atom stereocenters. The second-order valence-electron chi connectivity index (χ2n) is 12.9. The molecule has 0 amide bonds. The van der Waals surface area contributed by atoms with Crippen molar-refractivity contribution in [2.24, 2.45) is 0 Å². The largest absolute Gasteiger partial charge is 0.459 e. The Bertz CT molecular complexity index is 941. The zero-order valence-corrected chi connectivity index (χ0v) is 22.7. The van der Waals surface area contributed by atoms with E-state index in [-0.39, 0.29) is 56.6 Å². The highest BCUT2D eigenvalue weighted by Gasteiger charge is 2.41. The minimum atomic E-state index is -0.716. The third-order valence-electron chi connectivity index (χ3n) is 6.77. The summed E-state index contributed by atoms with van der Waals surface area (Å²) in [5.41, 5.74) is -1.12. The van der Waals surface area contributed by atoms with E-state index < -0.39 is 11.9 Å². The fourth-order valence-corrected chi connectivity index (χ4v) is 6.23. The molecular formula is C28H40N2O6. The topological polar surface area (TPSA) is 111 Å². The Hall–Kier alpha value is -2.58. The summed E-state index contributed by atoms with van der Waals surface area (Å²) in [6.07, 6.45) is 2.58. The molecule has 0 bridgehead atoms. The molecule has 0 aliphatic carbocycles. The van der Waals surface area contributed by atoms with E-state index >= 15 is 0 Å². The summed E-state index contributed by atoms with van der Waals surface area (Å²) in [7, 11) is 0. The van der Waals surface area contributed by atoms with Gasteiger partial charge in [0, 0.05) is 59.0 Å². The third-order valence-corrected chi connectivity index (χ3v) is 6.77. The summed E-state index contributed by atoms with van der Waals surface area (Å²) < 4.78 is 11.7. The molecule has 0 spiro atoms. The van der Waals surface area contributed by atoms with Gasteiger partial charge >= 0.3 is 11.9 Å². The Balaban J connectivity index is 1.92. The molecule has 36 heavy (non-hydrogen) atoms. The van der Waals surface area contributed by atoms with Gasteiger partial charge in [0.2, 0.25) is 0 Å². The van der Waals surface area contributed by atoms with Gasteiger partial charge in [-0.15, -0.1) is 0 Å². The number of piperidine rings is 2. The standard InChI is InChI=1S/C28H40N2O6/c1-25(2)11-19(12-26(3,4)29-25)35-23(33)21-9-17(15-31)18(16-32)10-22(21)24(34)36-20-13-27(5,6)30-28(7,8)14-20/h9-10,15-16,19-20,29-30H,11-14H2,1-8H3. The summed E-state index contributed by atoms with van der Waals surface area (Å²) >= 11 is 0. The Labute approximate surface area is 213 Å². The van der Waals surface area contributed by atoms with Crippen molar-refractivity contribution in [3.8, 4) is 0 Å². The molecule has 2 aliphatic heterocycles. The van der Waals surface area contributed by atoms with Crippen LogP contribution in [0.15, 0.2) is 12.1 Å². The van der Waals surface area contributed by atoms with Gasteiger partial charge in [0.05, 0.1) is 11.1 Å². The normalized spacial score (nSPS) is 22.9. The molecule has 2 heterocycles. The van der Waals surface area contributed by atoms with E-state index in [1.165, 1.54) is 12.1 Å². The summed E-state index contributed by atoms with van der Waals surface area (Å²) in [4.78, 5) is 50.0. The van der Waals surface area contributed by atoms with Crippen LogP contribution in [0.1, 0.15) is 123 Å². The van der Waals surface area contributed by atoms with E-state index in [0.29, 0.717) is 38.3 Å². The molecule has 3 rings (SSSR count). The molecule has 0 saturated carbocycles. The SMILES string of the molecule is CC1(C)CC(OC(=O)c2cc(C=O)c(C=O)cc2C(=O)OC2CC(C)(C)NC(C)(C)C2)CC(C)(C)N1. The van der Waals surface area contributed by atoms with Crippen molar-refractivity contribution >= 4 is 24.5 Å². The number of ether oxygens (including phenoxy) is 2. The van der Waals surface area contributed by atoms with Crippen molar-refractivity contribution in [2.75, 3.05) is 0 Å². The summed E-state index contributed by atoms with van der Waals surface area (Å²) in [6.45, 7) is 16.4. The van der Waals surface area contributed by atoms with Crippen LogP contribution >= 0.6 is 0 Å². The van der Waals surface area contributed by atoms with Gasteiger partial charge in [-0.25, -0.2) is 9.59 Å². The van der Waals surface area contributed by atoms with Crippen molar-refractivity contribution in [1.29, 1.82) is 0 Å². The molecule has 0 unspecified atom stereocenters. The highest BCUT2D eigenvalue weighted by molar-refractivity contribution is 6.06. The minimum Gasteiger partial charge on any atom is -0.459 e. The number of esters is 2. The van der Waals surface area contributed by atoms with Crippen molar-refractivity contribution in [2.45, 2.75) is 115 Å². The first kappa shape index (κ1) is 28.0. The molecule has 2 N–H and O–H groups in total. The highest BCUT2D eigenvalue weighted by Crippen LogP contribution is 2.33. The quantitative estimate of drug-likeness (QED) is 0.441. The van der Waals surface area contributed by atoms with Crippen molar-refractivity contribution in [3.63, 3.8) is 0 Å². The van der Waals surface area contributed by atoms with Crippen molar-refractivity contribution in [1.82, 2.24) is 10.6 Å². The van der Waals surface area contributed by atoms with Crippen LogP contribution in [0.4, 0.5) is 0 Å².